The molecule has 0 atom stereocenters. The summed E-state index contributed by atoms with van der Waals surface area (Å²) >= 11 is 1.47. The molecule has 1 heterocycles. The quantitative estimate of drug-likeness (QED) is 0.561. The Morgan fingerprint density at radius 1 is 1.26 bits per heavy atom. The van der Waals surface area contributed by atoms with Gasteiger partial charge in [-0.2, -0.15) is 0 Å². The Hall–Kier alpha value is -1.38. The SMILES string of the molecule is CN(C)CCCOc1ccc(CNC(=O)c2csc(CCN)n2)cc1.Cl.Cl. The number of halogens is 2. The zero-order chi connectivity index (χ0) is 18.1. The molecule has 0 aliphatic heterocycles. The Morgan fingerprint density at radius 2 is 1.96 bits per heavy atom. The number of nitrogens with zero attached hydrogens (tertiary/aromatic N) is 2. The maximum Gasteiger partial charge on any atom is 0.271 e. The van der Waals surface area contributed by atoms with Crippen LogP contribution in [0, 0.1) is 0 Å². The fourth-order valence-corrected chi connectivity index (χ4v) is 2.99. The van der Waals surface area contributed by atoms with Crippen molar-refractivity contribution in [1.29, 1.82) is 0 Å². The van der Waals surface area contributed by atoms with Gasteiger partial charge in [-0.15, -0.1) is 36.2 Å². The van der Waals surface area contributed by atoms with Crippen LogP contribution >= 0.6 is 36.2 Å². The van der Waals surface area contributed by atoms with Gasteiger partial charge in [0.1, 0.15) is 11.4 Å². The van der Waals surface area contributed by atoms with Gasteiger partial charge in [-0.3, -0.25) is 4.79 Å². The maximum absolute atomic E-state index is 12.1. The molecule has 0 saturated heterocycles. The summed E-state index contributed by atoms with van der Waals surface area (Å²) in [6, 6.07) is 7.78. The number of benzene rings is 1. The lowest BCUT2D eigenvalue weighted by Crippen LogP contribution is -2.23. The third-order valence-corrected chi connectivity index (χ3v) is 4.45. The Balaban J connectivity index is 0.00000338. The number of amides is 1. The first kappa shape index (κ1) is 25.6. The van der Waals surface area contributed by atoms with Crippen LogP contribution in [0.15, 0.2) is 29.6 Å². The summed E-state index contributed by atoms with van der Waals surface area (Å²) < 4.78 is 5.70. The maximum atomic E-state index is 12.1. The van der Waals surface area contributed by atoms with Gasteiger partial charge in [-0.1, -0.05) is 12.1 Å². The summed E-state index contributed by atoms with van der Waals surface area (Å²) in [4.78, 5) is 18.5. The fraction of sp³-hybridized carbons (Fsp3) is 0.444. The van der Waals surface area contributed by atoms with Crippen molar-refractivity contribution >= 4 is 42.1 Å². The molecule has 6 nitrogen and oxygen atoms in total. The second-order valence-electron chi connectivity index (χ2n) is 6.00. The minimum atomic E-state index is -0.163. The van der Waals surface area contributed by atoms with E-state index in [9.17, 15) is 4.79 Å². The van der Waals surface area contributed by atoms with E-state index in [0.29, 0.717) is 31.8 Å². The summed E-state index contributed by atoms with van der Waals surface area (Å²) in [5.41, 5.74) is 6.97. The van der Waals surface area contributed by atoms with Crippen molar-refractivity contribution in [3.05, 3.63) is 45.9 Å². The predicted octanol–water partition coefficient (Wildman–Crippen LogP) is 2.75. The molecule has 0 spiro atoms. The van der Waals surface area contributed by atoms with Crippen LogP contribution in [0.2, 0.25) is 0 Å². The van der Waals surface area contributed by atoms with Crippen molar-refractivity contribution in [1.82, 2.24) is 15.2 Å². The van der Waals surface area contributed by atoms with Crippen LogP contribution in [0.5, 0.6) is 5.75 Å². The molecule has 1 aromatic heterocycles. The predicted molar refractivity (Wildman–Crippen MR) is 116 cm³/mol. The number of carbonyl (C=O) groups is 1. The number of ether oxygens (including phenoxy) is 1. The van der Waals surface area contributed by atoms with E-state index in [1.54, 1.807) is 5.38 Å². The third-order valence-electron chi connectivity index (χ3n) is 3.54. The molecule has 1 aromatic carbocycles. The lowest BCUT2D eigenvalue weighted by molar-refractivity contribution is 0.0946. The van der Waals surface area contributed by atoms with Gasteiger partial charge in [-0.05, 0) is 44.8 Å². The van der Waals surface area contributed by atoms with Gasteiger partial charge in [0.05, 0.1) is 11.6 Å². The molecule has 0 radical (unpaired) electrons. The van der Waals surface area contributed by atoms with Gasteiger partial charge < -0.3 is 20.7 Å². The highest BCUT2D eigenvalue weighted by Crippen LogP contribution is 2.13. The van der Waals surface area contributed by atoms with Crippen molar-refractivity contribution in [3.8, 4) is 5.75 Å². The van der Waals surface area contributed by atoms with Crippen LogP contribution in [-0.4, -0.2) is 49.6 Å². The summed E-state index contributed by atoms with van der Waals surface area (Å²) in [5.74, 6) is 0.684. The minimum Gasteiger partial charge on any atom is -0.494 e. The zero-order valence-corrected chi connectivity index (χ0v) is 18.1. The largest absolute Gasteiger partial charge is 0.494 e. The molecule has 152 valence electrons. The molecule has 0 saturated carbocycles. The summed E-state index contributed by atoms with van der Waals surface area (Å²) in [6.45, 7) is 2.71. The zero-order valence-electron chi connectivity index (χ0n) is 15.6. The second-order valence-corrected chi connectivity index (χ2v) is 6.94. The molecule has 0 bridgehead atoms. The van der Waals surface area contributed by atoms with Gasteiger partial charge in [-0.25, -0.2) is 4.98 Å². The van der Waals surface area contributed by atoms with Crippen molar-refractivity contribution in [2.75, 3.05) is 33.8 Å². The lowest BCUT2D eigenvalue weighted by Gasteiger charge is -2.10. The molecular formula is C18H28Cl2N4O2S. The topological polar surface area (TPSA) is 80.5 Å². The smallest absolute Gasteiger partial charge is 0.271 e. The number of rotatable bonds is 10. The van der Waals surface area contributed by atoms with Gasteiger partial charge in [0.2, 0.25) is 0 Å². The van der Waals surface area contributed by atoms with E-state index in [-0.39, 0.29) is 30.7 Å². The van der Waals surface area contributed by atoms with E-state index in [0.717, 1.165) is 29.3 Å². The molecule has 2 aromatic rings. The summed E-state index contributed by atoms with van der Waals surface area (Å²) in [5, 5.41) is 5.54. The number of hydrogen-bond donors (Lipinski definition) is 2. The first-order valence-corrected chi connectivity index (χ1v) is 9.25. The van der Waals surface area contributed by atoms with E-state index < -0.39 is 0 Å². The summed E-state index contributed by atoms with van der Waals surface area (Å²) in [7, 11) is 4.10. The fourth-order valence-electron chi connectivity index (χ4n) is 2.20. The van der Waals surface area contributed by atoms with E-state index in [4.69, 9.17) is 10.5 Å². The average Bonchev–Trinajstić information content (AvgIpc) is 3.06. The molecular weight excluding hydrogens is 407 g/mol. The highest BCUT2D eigenvalue weighted by atomic mass is 35.5. The summed E-state index contributed by atoms with van der Waals surface area (Å²) in [6.07, 6.45) is 1.69. The molecule has 2 rings (SSSR count). The molecule has 0 aliphatic carbocycles. The van der Waals surface area contributed by atoms with Crippen molar-refractivity contribution in [2.45, 2.75) is 19.4 Å². The Bertz CT molecular complexity index is 666. The van der Waals surface area contributed by atoms with Crippen LogP contribution in [0.4, 0.5) is 0 Å². The number of nitrogens with two attached hydrogens (primary N) is 1. The minimum absolute atomic E-state index is 0. The number of hydrogen-bond acceptors (Lipinski definition) is 6. The number of carbonyl (C=O) groups excluding carboxylic acids is 1. The van der Waals surface area contributed by atoms with Gasteiger partial charge in [0.25, 0.3) is 5.91 Å². The molecule has 0 aliphatic rings. The number of nitrogens with one attached hydrogen (secondary N) is 1. The normalized spacial score (nSPS) is 10.1. The van der Waals surface area contributed by atoms with Crippen LogP contribution in [0.25, 0.3) is 0 Å². The van der Waals surface area contributed by atoms with E-state index in [1.165, 1.54) is 11.3 Å². The van der Waals surface area contributed by atoms with E-state index in [2.05, 4.69) is 15.2 Å². The first-order valence-electron chi connectivity index (χ1n) is 8.37. The Morgan fingerprint density at radius 3 is 2.59 bits per heavy atom. The van der Waals surface area contributed by atoms with Gasteiger partial charge >= 0.3 is 0 Å². The van der Waals surface area contributed by atoms with Crippen LogP contribution in [-0.2, 0) is 13.0 Å². The number of thiazole rings is 1. The van der Waals surface area contributed by atoms with Crippen molar-refractivity contribution in [3.63, 3.8) is 0 Å². The standard InChI is InChI=1S/C18H26N4O2S.2ClH/c1-22(2)10-3-11-24-15-6-4-14(5-7-15)12-20-18(23)16-13-25-17(21-16)8-9-19;;/h4-7,13H,3,8-12,19H2,1-2H3,(H,20,23);2*1H. The molecule has 27 heavy (non-hydrogen) atoms. The van der Waals surface area contributed by atoms with E-state index in [1.807, 2.05) is 38.4 Å². The van der Waals surface area contributed by atoms with Crippen LogP contribution < -0.4 is 15.8 Å². The van der Waals surface area contributed by atoms with E-state index >= 15 is 0 Å². The molecule has 0 fully saturated rings. The third kappa shape index (κ3) is 9.39. The monoisotopic (exact) mass is 434 g/mol. The van der Waals surface area contributed by atoms with Crippen molar-refractivity contribution < 1.29 is 9.53 Å². The molecule has 3 N–H and O–H groups in total. The molecule has 1 amide bonds. The highest BCUT2D eigenvalue weighted by Gasteiger charge is 2.10. The molecule has 9 heteroatoms. The van der Waals surface area contributed by atoms with Crippen LogP contribution in [0.3, 0.4) is 0 Å². The Kier molecular flexibility index (Phi) is 13.0. The van der Waals surface area contributed by atoms with Crippen molar-refractivity contribution in [2.24, 2.45) is 5.73 Å². The highest BCUT2D eigenvalue weighted by molar-refractivity contribution is 7.09. The van der Waals surface area contributed by atoms with Crippen LogP contribution in [0.1, 0.15) is 27.5 Å². The average molecular weight is 435 g/mol. The number of aromatic nitrogens is 1. The Labute approximate surface area is 177 Å². The van der Waals surface area contributed by atoms with Gasteiger partial charge in [0, 0.05) is 24.9 Å². The second kappa shape index (κ2) is 13.7. The first-order chi connectivity index (χ1) is 12.1. The molecule has 0 unspecified atom stereocenters. The van der Waals surface area contributed by atoms with Gasteiger partial charge in [0.15, 0.2) is 0 Å². The lowest BCUT2D eigenvalue weighted by atomic mass is 10.2.